The number of halogens is 2. The number of hydrogen-bond acceptors (Lipinski definition) is 0. The largest absolute Gasteiger partial charge is 0.108 e. The molecule has 0 aromatic heterocycles. The third kappa shape index (κ3) is 4.58. The van der Waals surface area contributed by atoms with Crippen molar-refractivity contribution in [3.63, 3.8) is 0 Å². The van der Waals surface area contributed by atoms with Gasteiger partial charge in [-0.3, -0.25) is 0 Å². The molecule has 0 unspecified atom stereocenters. The highest BCUT2D eigenvalue weighted by Crippen LogP contribution is 2.07. The zero-order valence-corrected chi connectivity index (χ0v) is 5.13. The first-order valence-electron chi connectivity index (χ1n) is 1.83. The van der Waals surface area contributed by atoms with Crippen molar-refractivity contribution < 1.29 is 0 Å². The van der Waals surface area contributed by atoms with Crippen LogP contribution in [-0.2, 0) is 0 Å². The fourth-order valence-electron chi connectivity index (χ4n) is 0.178. The van der Waals surface area contributed by atoms with Gasteiger partial charge in [-0.05, 0) is 12.8 Å². The molecule has 0 amide bonds. The van der Waals surface area contributed by atoms with Gasteiger partial charge in [-0.15, -0.1) is 23.2 Å². The van der Waals surface area contributed by atoms with Crippen molar-refractivity contribution in [1.29, 1.82) is 0 Å². The number of alkyl halides is 2. The summed E-state index contributed by atoms with van der Waals surface area (Å²) in [6.07, 6.45) is 2.72. The molecule has 0 saturated heterocycles. The average Bonchev–Trinajstić information content (AvgIpc) is 1.35. The van der Waals surface area contributed by atoms with Gasteiger partial charge in [0.1, 0.15) is 4.84 Å². The fraction of sp³-hybridized carbons (Fsp3) is 0.750. The molecular formula is C4H7Cl2. The average molecular weight is 126 g/mol. The van der Waals surface area contributed by atoms with E-state index in [4.69, 9.17) is 23.2 Å². The molecule has 0 saturated carbocycles. The zero-order chi connectivity index (χ0) is 4.99. The van der Waals surface area contributed by atoms with E-state index in [1.54, 1.807) is 0 Å². The van der Waals surface area contributed by atoms with E-state index in [1.165, 1.54) is 0 Å². The van der Waals surface area contributed by atoms with Gasteiger partial charge in [-0.25, -0.2) is 0 Å². The summed E-state index contributed by atoms with van der Waals surface area (Å²) in [5.41, 5.74) is 0. The highest BCUT2D eigenvalue weighted by molar-refractivity contribution is 6.44. The Morgan fingerprint density at radius 1 is 1.67 bits per heavy atom. The summed E-state index contributed by atoms with van der Waals surface area (Å²) in [6.45, 7) is 1.93. The molecule has 0 bridgehead atoms. The summed E-state index contributed by atoms with van der Waals surface area (Å²) in [6, 6.07) is 0. The second kappa shape index (κ2) is 3.76. The van der Waals surface area contributed by atoms with Crippen molar-refractivity contribution >= 4 is 23.2 Å². The highest BCUT2D eigenvalue weighted by atomic mass is 35.5. The Balaban J connectivity index is 2.63. The van der Waals surface area contributed by atoms with Crippen LogP contribution >= 0.6 is 23.2 Å². The van der Waals surface area contributed by atoms with E-state index in [2.05, 4.69) is 0 Å². The maximum atomic E-state index is 5.31. The third-order valence-electron chi connectivity index (χ3n) is 0.414. The first-order valence-corrected chi connectivity index (χ1v) is 2.70. The van der Waals surface area contributed by atoms with Crippen molar-refractivity contribution in [1.82, 2.24) is 0 Å². The first-order chi connectivity index (χ1) is 2.77. The SMILES string of the molecule is C[CH]CC(Cl)Cl. The molecule has 0 N–H and O–H groups in total. The van der Waals surface area contributed by atoms with Crippen LogP contribution in [0.25, 0.3) is 0 Å². The van der Waals surface area contributed by atoms with Gasteiger partial charge in [0.2, 0.25) is 0 Å². The molecule has 0 rings (SSSR count). The van der Waals surface area contributed by atoms with Crippen molar-refractivity contribution in [2.24, 2.45) is 0 Å². The molecule has 0 aromatic rings. The van der Waals surface area contributed by atoms with E-state index in [0.717, 1.165) is 6.42 Å². The van der Waals surface area contributed by atoms with E-state index in [0.29, 0.717) is 0 Å². The van der Waals surface area contributed by atoms with E-state index in [9.17, 15) is 0 Å². The molecule has 0 aliphatic heterocycles. The van der Waals surface area contributed by atoms with Crippen LogP contribution in [0.1, 0.15) is 13.3 Å². The molecule has 6 heavy (non-hydrogen) atoms. The molecule has 1 radical (unpaired) electrons. The summed E-state index contributed by atoms with van der Waals surface area (Å²) < 4.78 is 0. The smallest absolute Gasteiger partial charge is 0.105 e. The Hall–Kier alpha value is 0.580. The van der Waals surface area contributed by atoms with Gasteiger partial charge in [0.05, 0.1) is 0 Å². The minimum absolute atomic E-state index is 0.213. The second-order valence-electron chi connectivity index (χ2n) is 1.04. The monoisotopic (exact) mass is 125 g/mol. The van der Waals surface area contributed by atoms with Gasteiger partial charge in [0.15, 0.2) is 0 Å². The van der Waals surface area contributed by atoms with Crippen LogP contribution in [0.5, 0.6) is 0 Å². The molecule has 0 nitrogen and oxygen atoms in total. The van der Waals surface area contributed by atoms with E-state index in [1.807, 2.05) is 13.3 Å². The van der Waals surface area contributed by atoms with Gasteiger partial charge >= 0.3 is 0 Å². The van der Waals surface area contributed by atoms with E-state index >= 15 is 0 Å². The summed E-state index contributed by atoms with van der Waals surface area (Å²) in [5, 5.41) is 0. The summed E-state index contributed by atoms with van der Waals surface area (Å²) in [4.78, 5) is -0.213. The molecule has 0 spiro atoms. The Bertz CT molecular complexity index is 26.7. The zero-order valence-electron chi connectivity index (χ0n) is 3.62. The van der Waals surface area contributed by atoms with Gasteiger partial charge < -0.3 is 0 Å². The molecule has 0 heterocycles. The lowest BCUT2D eigenvalue weighted by molar-refractivity contribution is 1.05. The fourth-order valence-corrected chi connectivity index (χ4v) is 0.535. The van der Waals surface area contributed by atoms with Crippen molar-refractivity contribution in [2.45, 2.75) is 18.2 Å². The standard InChI is InChI=1S/C4H7Cl2/c1-2-3-4(5)6/h2,4H,3H2,1H3. The van der Waals surface area contributed by atoms with Crippen molar-refractivity contribution in [3.8, 4) is 0 Å². The lowest BCUT2D eigenvalue weighted by Crippen LogP contribution is -1.81. The summed E-state index contributed by atoms with van der Waals surface area (Å²) >= 11 is 10.6. The predicted molar refractivity (Wildman–Crippen MR) is 30.1 cm³/mol. The minimum Gasteiger partial charge on any atom is -0.105 e. The Morgan fingerprint density at radius 3 is 2.17 bits per heavy atom. The Labute approximate surface area is 48.4 Å². The van der Waals surface area contributed by atoms with Crippen LogP contribution in [0.2, 0.25) is 0 Å². The van der Waals surface area contributed by atoms with Crippen LogP contribution in [-0.4, -0.2) is 4.84 Å². The van der Waals surface area contributed by atoms with Crippen LogP contribution < -0.4 is 0 Å². The molecule has 0 aromatic carbocycles. The maximum absolute atomic E-state index is 5.31. The second-order valence-corrected chi connectivity index (χ2v) is 2.31. The first kappa shape index (κ1) is 6.58. The molecule has 2 heteroatoms. The van der Waals surface area contributed by atoms with E-state index in [-0.39, 0.29) is 4.84 Å². The lowest BCUT2D eigenvalue weighted by Gasteiger charge is -1.90. The summed E-state index contributed by atoms with van der Waals surface area (Å²) in [5.74, 6) is 0. The lowest BCUT2D eigenvalue weighted by atomic mass is 10.4. The van der Waals surface area contributed by atoms with Crippen LogP contribution in [0.4, 0.5) is 0 Å². The number of rotatable bonds is 2. The molecule has 37 valence electrons. The molecule has 0 atom stereocenters. The van der Waals surface area contributed by atoms with Crippen LogP contribution in [0.15, 0.2) is 0 Å². The molecular weight excluding hydrogens is 119 g/mol. The molecule has 0 fully saturated rings. The van der Waals surface area contributed by atoms with Crippen LogP contribution in [0.3, 0.4) is 0 Å². The topological polar surface area (TPSA) is 0 Å². The van der Waals surface area contributed by atoms with Crippen molar-refractivity contribution in [3.05, 3.63) is 6.42 Å². The van der Waals surface area contributed by atoms with Crippen LogP contribution in [0, 0.1) is 6.42 Å². The van der Waals surface area contributed by atoms with Crippen molar-refractivity contribution in [2.75, 3.05) is 0 Å². The van der Waals surface area contributed by atoms with E-state index < -0.39 is 0 Å². The minimum atomic E-state index is -0.213. The normalized spacial score (nSPS) is 10.0. The Kier molecular flexibility index (Phi) is 4.12. The van der Waals surface area contributed by atoms with Gasteiger partial charge in [-0.2, -0.15) is 0 Å². The molecule has 0 aliphatic carbocycles. The highest BCUT2D eigenvalue weighted by Gasteiger charge is 1.91. The Morgan fingerprint density at radius 2 is 2.17 bits per heavy atom. The van der Waals surface area contributed by atoms with Gasteiger partial charge in [0.25, 0.3) is 0 Å². The molecule has 0 aliphatic rings. The maximum Gasteiger partial charge on any atom is 0.108 e. The predicted octanol–water partition coefficient (Wildman–Crippen LogP) is 2.40. The number of hydrogen-bond donors (Lipinski definition) is 0. The summed E-state index contributed by atoms with van der Waals surface area (Å²) in [7, 11) is 0. The van der Waals surface area contributed by atoms with Gasteiger partial charge in [-0.1, -0.05) is 6.92 Å². The third-order valence-corrected chi connectivity index (χ3v) is 0.770. The van der Waals surface area contributed by atoms with Gasteiger partial charge in [0, 0.05) is 0 Å². The quantitative estimate of drug-likeness (QED) is 0.498.